The van der Waals surface area contributed by atoms with Crippen molar-refractivity contribution in [3.05, 3.63) is 248 Å². The minimum absolute atomic E-state index is 0.0498. The maximum atomic E-state index is 8.66. The van der Waals surface area contributed by atoms with E-state index < -0.39 is 102 Å². The number of hydrogen-bond donors (Lipinski definition) is 0. The molecule has 3 aliphatic rings. The lowest BCUT2D eigenvalue weighted by atomic mass is 9.82. The number of rotatable bonds is 6. The Hall–Kier alpha value is -10.4. The zero-order valence-electron chi connectivity index (χ0n) is 91.0. The van der Waals surface area contributed by atoms with Crippen molar-refractivity contribution in [1.82, 2.24) is 15.0 Å². The third-order valence-electron chi connectivity index (χ3n) is 20.8. The standard InChI is InChI=1S/3C31H31N2O/c1-17(2)24-16-33(7)26(13-19(24)4)28-18(3)10-11-20-23-14-25-22(15-27(23)34-29(20)28)21-9-8-12-32-30(21)31(25,5)6;1-17(2)24-16-33(7)26(13-19(24)4)28-18(3)10-11-20-23-14-22-21-9-8-12-32-30(21)31(5,6)25(22)15-27(23)34-29(20)28;1-17(2)23-16-33(7)26(14-19(23)4)27-18(3)12-13-20-22-15-25-28(32-30(22)34-29(20)27)21-10-8-9-11-24(21)31(25,5)6/h3*8-17H,1-7H3/q3*+1/i1D3,4D3,5D3,17D;1D3,4D3,5D3,6D3,17D;1D3,4D3,5D3,17D. The Kier molecular flexibility index (Phi) is 8.93. The van der Waals surface area contributed by atoms with Crippen LogP contribution in [0.3, 0.4) is 0 Å². The first-order valence-electron chi connectivity index (χ1n) is 49.9. The summed E-state index contributed by atoms with van der Waals surface area (Å²) in [4.78, 5) is 13.6. The minimum atomic E-state index is -3.00. The molecule has 0 bridgehead atoms. The Morgan fingerprint density at radius 1 is 0.402 bits per heavy atom. The van der Waals surface area contributed by atoms with Gasteiger partial charge in [-0.2, -0.15) is 0 Å². The molecule has 0 saturated heterocycles. The summed E-state index contributed by atoms with van der Waals surface area (Å²) in [5, 5.41) is 3.92. The van der Waals surface area contributed by atoms with Gasteiger partial charge in [-0.3, -0.25) is 9.97 Å². The lowest BCUT2D eigenvalue weighted by Gasteiger charge is -2.20. The average Bonchev–Trinajstić information content (AvgIpc) is 1.51. The van der Waals surface area contributed by atoms with Crippen molar-refractivity contribution in [2.45, 2.75) is 158 Å². The number of aryl methyl sites for hydroxylation is 9. The van der Waals surface area contributed by atoms with Gasteiger partial charge in [0.15, 0.2) is 24.2 Å². The Labute approximate surface area is 646 Å². The van der Waals surface area contributed by atoms with Crippen molar-refractivity contribution in [2.24, 2.45) is 21.1 Å². The zero-order valence-corrected chi connectivity index (χ0v) is 58.0. The Morgan fingerprint density at radius 2 is 0.833 bits per heavy atom. The van der Waals surface area contributed by atoms with E-state index in [2.05, 4.69) is 9.97 Å². The molecule has 6 aromatic carbocycles. The molecule has 0 aliphatic heterocycles. The summed E-state index contributed by atoms with van der Waals surface area (Å²) in [7, 11) is 4.97. The third kappa shape index (κ3) is 9.98. The highest BCUT2D eigenvalue weighted by atomic mass is 16.3. The normalized spacial score (nSPS) is 23.9. The van der Waals surface area contributed by atoms with E-state index in [9.17, 15) is 0 Å². The summed E-state index contributed by atoms with van der Waals surface area (Å²) in [6, 6.07) is 38.4. The number of aromatic nitrogens is 6. The van der Waals surface area contributed by atoms with Gasteiger partial charge in [-0.25, -0.2) is 18.7 Å². The molecule has 102 heavy (non-hydrogen) atoms. The van der Waals surface area contributed by atoms with Crippen LogP contribution in [0.4, 0.5) is 0 Å². The molecule has 18 rings (SSSR count). The molecule has 0 spiro atoms. The van der Waals surface area contributed by atoms with Crippen LogP contribution in [0, 0.1) is 41.3 Å². The first-order valence-corrected chi connectivity index (χ1v) is 33.4. The predicted octanol–water partition coefficient (Wildman–Crippen LogP) is 22.6. The van der Waals surface area contributed by atoms with Crippen molar-refractivity contribution >= 4 is 65.9 Å². The topological polar surface area (TPSA) is 89.7 Å². The van der Waals surface area contributed by atoms with Crippen LogP contribution in [0.2, 0.25) is 0 Å². The van der Waals surface area contributed by atoms with Crippen LogP contribution in [0.5, 0.6) is 0 Å². The SMILES string of the molecule is [2H]C([2H])([2H])c1cc(-c2c(C)ccc3c2oc2cc4c(cc23)-c2cccnc2C4(C([2H])([2H])[2H])C([2H])([2H])[2H])[n+](C)cc1C([2H])(C)C([2H])([2H])[2H].[2H]C([2H])([2H])c1cc(-c2c(C)ccc3c2oc2cc4c(cc23)C(C)(C([2H])([2H])[2H])c2ncccc2-4)[n+](C)cc1C([2H])(C)C([2H])([2H])[2H].[2H]C([2H])([2H])c1cc(-c2c(C)ccc3c2oc2nc4c(cc23)C(C)(C([2H])([2H])[2H])c2ccccc2-4)[n+](C)cc1C([2H])(C)C([2H])([2H])[2H]. The molecular weight excluding hydrogens is 1250 g/mol. The van der Waals surface area contributed by atoms with Crippen molar-refractivity contribution < 1.29 is 72.2 Å². The predicted molar refractivity (Wildman–Crippen MR) is 418 cm³/mol. The lowest BCUT2D eigenvalue weighted by Crippen LogP contribution is -2.32. The fourth-order valence-electron chi connectivity index (χ4n) is 15.6. The number of furan rings is 3. The molecule has 0 N–H and O–H groups in total. The second kappa shape index (κ2) is 23.6. The molecule has 0 radical (unpaired) electrons. The molecule has 0 saturated carbocycles. The average molecular weight is 1380 g/mol. The van der Waals surface area contributed by atoms with Gasteiger partial charge in [-0.05, 0) is 168 Å². The first kappa shape index (κ1) is 38.6. The largest absolute Gasteiger partial charge is 0.455 e. The van der Waals surface area contributed by atoms with E-state index in [4.69, 9.17) is 63.5 Å². The molecule has 9 nitrogen and oxygen atoms in total. The molecular formula is C93H93N6O3+3. The summed E-state index contributed by atoms with van der Waals surface area (Å²) in [6.07, 6.45) is 7.16. The molecule has 510 valence electrons. The second-order valence-electron chi connectivity index (χ2n) is 27.7. The van der Waals surface area contributed by atoms with Gasteiger partial charge in [-0.15, -0.1) is 0 Å². The number of benzene rings is 6. The van der Waals surface area contributed by atoms with Gasteiger partial charge in [0.1, 0.15) is 43.5 Å². The molecule has 0 amide bonds. The van der Waals surface area contributed by atoms with Crippen LogP contribution in [0.1, 0.15) is 229 Å². The minimum Gasteiger partial charge on any atom is -0.455 e. The third-order valence-corrected chi connectivity index (χ3v) is 20.8. The highest BCUT2D eigenvalue weighted by Crippen LogP contribution is 2.54. The molecule has 15 aromatic rings. The number of pyridine rings is 6. The van der Waals surface area contributed by atoms with Crippen LogP contribution in [-0.2, 0) is 37.4 Å². The summed E-state index contributed by atoms with van der Waals surface area (Å²) < 4.78 is 297. The summed E-state index contributed by atoms with van der Waals surface area (Å²) in [5.41, 5.74) is 7.36. The van der Waals surface area contributed by atoms with Gasteiger partial charge >= 0.3 is 0 Å². The number of fused-ring (bicyclic) bond motifs is 18. The molecule has 5 atom stereocenters. The second-order valence-corrected chi connectivity index (χ2v) is 27.7. The van der Waals surface area contributed by atoms with E-state index in [1.807, 2.05) is 98.8 Å². The van der Waals surface area contributed by atoms with E-state index in [0.29, 0.717) is 139 Å². The van der Waals surface area contributed by atoms with Crippen LogP contribution in [-0.4, -0.2) is 15.0 Å². The molecule has 9 heterocycles. The van der Waals surface area contributed by atoms with Gasteiger partial charge in [0, 0.05) is 158 Å². The molecule has 5 unspecified atom stereocenters. The van der Waals surface area contributed by atoms with Gasteiger partial charge in [0.25, 0.3) is 0 Å². The van der Waals surface area contributed by atoms with E-state index in [1.165, 1.54) is 69.8 Å². The van der Waals surface area contributed by atoms with Gasteiger partial charge in [-0.1, -0.05) is 155 Å². The Bertz CT molecular complexity index is 7190. The zero-order chi connectivity index (χ0) is 99.6. The van der Waals surface area contributed by atoms with E-state index in [0.717, 1.165) is 27.8 Å². The van der Waals surface area contributed by atoms with Crippen LogP contribution >= 0.6 is 0 Å². The molecule has 0 fully saturated rings. The lowest BCUT2D eigenvalue weighted by molar-refractivity contribution is -0.661. The van der Waals surface area contributed by atoms with Gasteiger partial charge in [0.05, 0.1) is 33.8 Å². The van der Waals surface area contributed by atoms with Crippen molar-refractivity contribution in [2.75, 3.05) is 0 Å². The van der Waals surface area contributed by atoms with Gasteiger partial charge in [0.2, 0.25) is 22.8 Å². The number of nitrogens with zero attached hydrogens (tertiary/aromatic N) is 6. The van der Waals surface area contributed by atoms with Crippen LogP contribution in [0.25, 0.3) is 133 Å². The van der Waals surface area contributed by atoms with Gasteiger partial charge < -0.3 is 13.3 Å². The number of hydrogen-bond acceptors (Lipinski definition) is 6. The molecule has 9 aromatic heterocycles. The maximum Gasteiger partial charge on any atom is 0.227 e. The van der Waals surface area contributed by atoms with Crippen molar-refractivity contribution in [3.63, 3.8) is 0 Å². The van der Waals surface area contributed by atoms with Crippen molar-refractivity contribution in [3.8, 4) is 67.3 Å². The van der Waals surface area contributed by atoms with E-state index in [-0.39, 0.29) is 50.2 Å². The maximum absolute atomic E-state index is 8.66. The van der Waals surface area contributed by atoms with Crippen molar-refractivity contribution in [1.29, 1.82) is 0 Å². The fraction of sp³-hybridized carbons (Fsp3) is 0.290. The van der Waals surface area contributed by atoms with E-state index >= 15 is 0 Å². The highest BCUT2D eigenvalue weighted by Gasteiger charge is 2.41. The smallest absolute Gasteiger partial charge is 0.227 e. The molecule has 3 aliphatic carbocycles. The highest BCUT2D eigenvalue weighted by molar-refractivity contribution is 6.14. The quantitative estimate of drug-likeness (QED) is 0.154. The summed E-state index contributed by atoms with van der Waals surface area (Å²) >= 11 is 0. The fourth-order valence-corrected chi connectivity index (χ4v) is 15.6. The Morgan fingerprint density at radius 3 is 1.33 bits per heavy atom. The van der Waals surface area contributed by atoms with Crippen LogP contribution in [0.15, 0.2) is 178 Å². The molecule has 9 heteroatoms. The first-order chi connectivity index (χ1) is 61.8. The monoisotopic (exact) mass is 1370 g/mol. The van der Waals surface area contributed by atoms with Crippen LogP contribution < -0.4 is 13.7 Å². The summed E-state index contributed by atoms with van der Waals surface area (Å²) in [6.45, 7) is -14.7. The Balaban J connectivity index is 0.000000147. The summed E-state index contributed by atoms with van der Waals surface area (Å²) in [5.74, 6) is -6.57. The van der Waals surface area contributed by atoms with E-state index in [1.54, 1.807) is 86.1 Å².